The second-order valence-corrected chi connectivity index (χ2v) is 8.18. The number of rotatable bonds is 5. The van der Waals surface area contributed by atoms with E-state index in [0.29, 0.717) is 30.4 Å². The van der Waals surface area contributed by atoms with Gasteiger partial charge in [-0.3, -0.25) is 0 Å². The van der Waals surface area contributed by atoms with Crippen LogP contribution in [-0.4, -0.2) is 30.6 Å². The van der Waals surface area contributed by atoms with E-state index >= 15 is 0 Å². The van der Waals surface area contributed by atoms with E-state index in [-0.39, 0.29) is 10.9 Å². The molecule has 0 amide bonds. The number of benzene rings is 2. The molecule has 2 aromatic rings. The zero-order valence-corrected chi connectivity index (χ0v) is 15.1. The predicted molar refractivity (Wildman–Crippen MR) is 96.3 cm³/mol. The molecule has 0 fully saturated rings. The Labute approximate surface area is 156 Å². The second kappa shape index (κ2) is 7.48. The lowest BCUT2D eigenvalue weighted by atomic mass is 9.87. The number of aliphatic hydroxyl groups is 1. The highest BCUT2D eigenvalue weighted by Crippen LogP contribution is 2.26. The van der Waals surface area contributed by atoms with Gasteiger partial charge in [0.25, 0.3) is 0 Å². The minimum absolute atomic E-state index is 0.104. The van der Waals surface area contributed by atoms with Gasteiger partial charge in [0.2, 0.25) is 10.0 Å². The maximum atomic E-state index is 12.5. The Morgan fingerprint density at radius 3 is 2.52 bits per heavy atom. The summed E-state index contributed by atoms with van der Waals surface area (Å²) in [6.45, 7) is 0. The zero-order chi connectivity index (χ0) is 19.6. The third kappa shape index (κ3) is 4.17. The molecule has 1 aliphatic carbocycles. The molecule has 2 aromatic carbocycles. The van der Waals surface area contributed by atoms with Crippen molar-refractivity contribution >= 4 is 16.0 Å². The van der Waals surface area contributed by atoms with Crippen LogP contribution < -0.4 is 4.72 Å². The van der Waals surface area contributed by atoms with Crippen LogP contribution in [0.5, 0.6) is 0 Å². The lowest BCUT2D eigenvalue weighted by Gasteiger charge is -2.26. The minimum Gasteiger partial charge on any atom is -0.479 e. The summed E-state index contributed by atoms with van der Waals surface area (Å²) >= 11 is 0. The Morgan fingerprint density at radius 1 is 1.19 bits per heavy atom. The van der Waals surface area contributed by atoms with Gasteiger partial charge in [-0.25, -0.2) is 17.9 Å². The molecule has 140 valence electrons. The number of carboxylic acid groups (broad SMARTS) is 1. The van der Waals surface area contributed by atoms with E-state index < -0.39 is 22.1 Å². The van der Waals surface area contributed by atoms with Crippen molar-refractivity contribution in [3.05, 3.63) is 64.7 Å². The molecule has 0 heterocycles. The lowest BCUT2D eigenvalue weighted by Crippen LogP contribution is -2.38. The first kappa shape index (κ1) is 19.0. The van der Waals surface area contributed by atoms with Gasteiger partial charge < -0.3 is 10.2 Å². The lowest BCUT2D eigenvalue weighted by molar-refractivity contribution is -0.146. The van der Waals surface area contributed by atoms with Crippen molar-refractivity contribution in [2.45, 2.75) is 36.3 Å². The molecule has 1 aliphatic rings. The van der Waals surface area contributed by atoms with Crippen LogP contribution in [-0.2, 0) is 27.7 Å². The molecule has 0 bridgehead atoms. The standard InChI is InChI=1S/C19H18N2O5S/c20-11-12-1-7-17(8-2-12)27(25,26)21-16-6-5-13-9-15(18(22)19(23)24)4-3-14(13)10-16/h1-4,7-9,16,18,21-22H,5-6,10H2,(H,23,24). The molecular weight excluding hydrogens is 368 g/mol. The highest BCUT2D eigenvalue weighted by atomic mass is 32.2. The molecule has 0 spiro atoms. The first-order valence-corrected chi connectivity index (χ1v) is 9.83. The van der Waals surface area contributed by atoms with E-state index in [1.54, 1.807) is 18.2 Å². The molecule has 0 aliphatic heterocycles. The summed E-state index contributed by atoms with van der Waals surface area (Å²) < 4.78 is 27.8. The molecule has 2 atom stereocenters. The van der Waals surface area contributed by atoms with Crippen LogP contribution in [0.2, 0.25) is 0 Å². The summed E-state index contributed by atoms with van der Waals surface area (Å²) in [5, 5.41) is 27.4. The van der Waals surface area contributed by atoms with Gasteiger partial charge in [-0.15, -0.1) is 0 Å². The molecule has 2 unspecified atom stereocenters. The van der Waals surface area contributed by atoms with Crippen LogP contribution in [0.1, 0.15) is 34.8 Å². The van der Waals surface area contributed by atoms with Gasteiger partial charge in [0, 0.05) is 6.04 Å². The van der Waals surface area contributed by atoms with Crippen LogP contribution in [0.4, 0.5) is 0 Å². The predicted octanol–water partition coefficient (Wildman–Crippen LogP) is 1.51. The number of aliphatic carboxylic acids is 1. The van der Waals surface area contributed by atoms with Gasteiger partial charge in [0.1, 0.15) is 0 Å². The number of nitriles is 1. The summed E-state index contributed by atoms with van der Waals surface area (Å²) in [6, 6.07) is 12.3. The Bertz CT molecular complexity index is 1010. The number of sulfonamides is 1. The van der Waals surface area contributed by atoms with Crippen LogP contribution in [0.15, 0.2) is 47.4 Å². The number of hydrogen-bond acceptors (Lipinski definition) is 5. The Hall–Kier alpha value is -2.73. The van der Waals surface area contributed by atoms with Crippen molar-refractivity contribution in [1.29, 1.82) is 5.26 Å². The zero-order valence-electron chi connectivity index (χ0n) is 14.3. The maximum absolute atomic E-state index is 12.5. The van der Waals surface area contributed by atoms with Crippen LogP contribution in [0, 0.1) is 11.3 Å². The van der Waals surface area contributed by atoms with Crippen LogP contribution in [0.25, 0.3) is 0 Å². The number of carboxylic acids is 1. The average Bonchev–Trinajstić information content (AvgIpc) is 2.66. The molecule has 0 radical (unpaired) electrons. The number of aryl methyl sites for hydroxylation is 1. The first-order valence-electron chi connectivity index (χ1n) is 8.35. The van der Waals surface area contributed by atoms with Crippen molar-refractivity contribution in [3.8, 4) is 6.07 Å². The van der Waals surface area contributed by atoms with E-state index in [4.69, 9.17) is 10.4 Å². The summed E-state index contributed by atoms with van der Waals surface area (Å²) in [4.78, 5) is 11.0. The summed E-state index contributed by atoms with van der Waals surface area (Å²) in [5.74, 6) is -1.31. The normalized spacial score (nSPS) is 17.6. The van der Waals surface area contributed by atoms with Gasteiger partial charge >= 0.3 is 5.97 Å². The largest absolute Gasteiger partial charge is 0.479 e. The number of nitrogens with zero attached hydrogens (tertiary/aromatic N) is 1. The number of nitrogens with one attached hydrogen (secondary N) is 1. The number of aliphatic hydroxyl groups excluding tert-OH is 1. The number of fused-ring (bicyclic) bond motifs is 1. The molecule has 3 N–H and O–H groups in total. The highest BCUT2D eigenvalue weighted by molar-refractivity contribution is 7.89. The SMILES string of the molecule is N#Cc1ccc(S(=O)(=O)NC2CCc3cc(C(O)C(=O)O)ccc3C2)cc1. The second-order valence-electron chi connectivity index (χ2n) is 6.47. The Kier molecular flexibility index (Phi) is 5.28. The first-order chi connectivity index (χ1) is 12.8. The fourth-order valence-corrected chi connectivity index (χ4v) is 4.45. The third-order valence-corrected chi connectivity index (χ3v) is 6.16. The summed E-state index contributed by atoms with van der Waals surface area (Å²) in [6.07, 6.45) is 0.0577. The maximum Gasteiger partial charge on any atom is 0.337 e. The molecule has 8 heteroatoms. The van der Waals surface area contributed by atoms with Gasteiger partial charge in [0.15, 0.2) is 6.10 Å². The molecule has 0 aromatic heterocycles. The molecule has 0 saturated carbocycles. The van der Waals surface area contributed by atoms with Crippen molar-refractivity contribution in [2.75, 3.05) is 0 Å². The molecule has 3 rings (SSSR count). The molecule has 27 heavy (non-hydrogen) atoms. The molecular formula is C19H18N2O5S. The smallest absolute Gasteiger partial charge is 0.337 e. The number of hydrogen-bond donors (Lipinski definition) is 3. The van der Waals surface area contributed by atoms with Crippen LogP contribution >= 0.6 is 0 Å². The fourth-order valence-electron chi connectivity index (χ4n) is 3.18. The van der Waals surface area contributed by atoms with Crippen molar-refractivity contribution in [1.82, 2.24) is 4.72 Å². The van der Waals surface area contributed by atoms with Gasteiger partial charge in [-0.1, -0.05) is 18.2 Å². The molecule has 0 saturated heterocycles. The van der Waals surface area contributed by atoms with E-state index in [0.717, 1.165) is 11.1 Å². The van der Waals surface area contributed by atoms with E-state index in [9.17, 15) is 18.3 Å². The van der Waals surface area contributed by atoms with E-state index in [2.05, 4.69) is 4.72 Å². The topological polar surface area (TPSA) is 127 Å². The quantitative estimate of drug-likeness (QED) is 0.715. The summed E-state index contributed by atoms with van der Waals surface area (Å²) in [5.41, 5.74) is 2.55. The van der Waals surface area contributed by atoms with E-state index in [1.165, 1.54) is 24.3 Å². The van der Waals surface area contributed by atoms with Crippen LogP contribution in [0.3, 0.4) is 0 Å². The third-order valence-electron chi connectivity index (χ3n) is 4.62. The van der Waals surface area contributed by atoms with Crippen molar-refractivity contribution < 1.29 is 23.4 Å². The van der Waals surface area contributed by atoms with E-state index in [1.807, 2.05) is 6.07 Å². The van der Waals surface area contributed by atoms with Gasteiger partial charge in [-0.05, 0) is 60.2 Å². The molecule has 7 nitrogen and oxygen atoms in total. The monoisotopic (exact) mass is 386 g/mol. The number of carbonyl (C=O) groups is 1. The Morgan fingerprint density at radius 2 is 1.89 bits per heavy atom. The fraction of sp³-hybridized carbons (Fsp3) is 0.263. The highest BCUT2D eigenvalue weighted by Gasteiger charge is 2.25. The van der Waals surface area contributed by atoms with Gasteiger partial charge in [-0.2, -0.15) is 5.26 Å². The van der Waals surface area contributed by atoms with Gasteiger partial charge in [0.05, 0.1) is 16.5 Å². The average molecular weight is 386 g/mol. The summed E-state index contributed by atoms with van der Waals surface area (Å²) in [7, 11) is -3.70. The Balaban J connectivity index is 1.74. The van der Waals surface area contributed by atoms with Crippen molar-refractivity contribution in [3.63, 3.8) is 0 Å². The van der Waals surface area contributed by atoms with Crippen molar-refractivity contribution in [2.24, 2.45) is 0 Å². The minimum atomic E-state index is -3.70.